The average molecular weight is 295 g/mol. The first kappa shape index (κ1) is 14.0. The van der Waals surface area contributed by atoms with Crippen LogP contribution in [0, 0.1) is 0 Å². The predicted molar refractivity (Wildman–Crippen MR) is 71.7 cm³/mol. The largest absolute Gasteiger partial charge is 0.476 e. The van der Waals surface area contributed by atoms with E-state index in [1.54, 1.807) is 24.3 Å². The van der Waals surface area contributed by atoms with Gasteiger partial charge in [0.1, 0.15) is 0 Å². The Hall–Kier alpha value is -2.41. The number of benzene rings is 1. The Morgan fingerprint density at radius 2 is 2.20 bits per heavy atom. The van der Waals surface area contributed by atoms with Gasteiger partial charge in [0.05, 0.1) is 12.7 Å². The van der Waals surface area contributed by atoms with Crippen LogP contribution in [0.4, 0.5) is 5.69 Å². The van der Waals surface area contributed by atoms with E-state index in [1.807, 2.05) is 0 Å². The molecule has 0 aliphatic heterocycles. The molecule has 20 heavy (non-hydrogen) atoms. The van der Waals surface area contributed by atoms with Gasteiger partial charge in [0, 0.05) is 17.1 Å². The number of rotatable bonds is 5. The van der Waals surface area contributed by atoms with Gasteiger partial charge in [0.2, 0.25) is 5.91 Å². The molecule has 7 nitrogen and oxygen atoms in total. The maximum atomic E-state index is 11.7. The average Bonchev–Trinajstić information content (AvgIpc) is 2.85. The van der Waals surface area contributed by atoms with E-state index in [4.69, 9.17) is 16.7 Å². The molecule has 0 saturated carbocycles. The van der Waals surface area contributed by atoms with Gasteiger partial charge in [-0.05, 0) is 18.2 Å². The topological polar surface area (TPSA) is 97.1 Å². The van der Waals surface area contributed by atoms with Crippen molar-refractivity contribution in [2.75, 3.05) is 5.32 Å². The van der Waals surface area contributed by atoms with Crippen LogP contribution in [0.5, 0.6) is 0 Å². The molecule has 0 aliphatic carbocycles. The number of aryl methyl sites for hydroxylation is 1. The van der Waals surface area contributed by atoms with E-state index in [2.05, 4.69) is 15.6 Å². The predicted octanol–water partition coefficient (Wildman–Crippen LogP) is 1.66. The zero-order chi connectivity index (χ0) is 14.5. The number of aromatic nitrogens is 3. The molecule has 0 unspecified atom stereocenters. The number of carbonyl (C=O) groups excluding carboxylic acids is 1. The molecule has 1 amide bonds. The van der Waals surface area contributed by atoms with Crippen molar-refractivity contribution in [3.05, 3.63) is 41.2 Å². The van der Waals surface area contributed by atoms with E-state index >= 15 is 0 Å². The number of halogens is 1. The summed E-state index contributed by atoms with van der Waals surface area (Å²) >= 11 is 5.80. The lowest BCUT2D eigenvalue weighted by molar-refractivity contribution is -0.116. The summed E-state index contributed by atoms with van der Waals surface area (Å²) in [5.41, 5.74) is 0.451. The Bertz CT molecular complexity index is 641. The second kappa shape index (κ2) is 6.16. The molecular formula is C12H11ClN4O3. The minimum absolute atomic E-state index is 0.148. The third-order valence-electron chi connectivity index (χ3n) is 2.43. The van der Waals surface area contributed by atoms with Crippen LogP contribution in [0.2, 0.25) is 5.02 Å². The number of hydrogen-bond acceptors (Lipinski definition) is 4. The minimum atomic E-state index is -1.15. The molecule has 0 spiro atoms. The number of anilines is 1. The molecule has 0 bridgehead atoms. The van der Waals surface area contributed by atoms with E-state index in [9.17, 15) is 9.59 Å². The van der Waals surface area contributed by atoms with Gasteiger partial charge in [-0.3, -0.25) is 9.48 Å². The fourth-order valence-electron chi connectivity index (χ4n) is 1.51. The van der Waals surface area contributed by atoms with Gasteiger partial charge in [0.15, 0.2) is 5.69 Å². The molecule has 0 fully saturated rings. The Kier molecular flexibility index (Phi) is 4.31. The standard InChI is InChI=1S/C12H11ClN4O3/c13-8-2-1-3-9(6-8)14-11(18)4-5-17-7-10(12(19)20)15-16-17/h1-3,6-7H,4-5H2,(H,14,18)(H,19,20). The van der Waals surface area contributed by atoms with Crippen LogP contribution >= 0.6 is 11.6 Å². The zero-order valence-corrected chi connectivity index (χ0v) is 11.0. The van der Waals surface area contributed by atoms with Crippen LogP contribution in [0.25, 0.3) is 0 Å². The molecule has 2 aromatic rings. The van der Waals surface area contributed by atoms with Gasteiger partial charge in [-0.25, -0.2) is 4.79 Å². The molecule has 104 valence electrons. The van der Waals surface area contributed by atoms with E-state index in [0.717, 1.165) is 0 Å². The SMILES string of the molecule is O=C(CCn1cc(C(=O)O)nn1)Nc1cccc(Cl)c1. The summed E-state index contributed by atoms with van der Waals surface area (Å²) < 4.78 is 1.31. The van der Waals surface area contributed by atoms with Crippen molar-refractivity contribution >= 4 is 29.2 Å². The number of carboxylic acids is 1. The van der Waals surface area contributed by atoms with Gasteiger partial charge in [-0.2, -0.15) is 0 Å². The number of hydrogen-bond donors (Lipinski definition) is 2. The molecule has 1 heterocycles. The summed E-state index contributed by atoms with van der Waals surface area (Å²) in [4.78, 5) is 22.3. The number of nitrogens with zero attached hydrogens (tertiary/aromatic N) is 3. The Balaban J connectivity index is 1.87. The summed E-state index contributed by atoms with van der Waals surface area (Å²) in [5, 5.41) is 19.0. The fraction of sp³-hybridized carbons (Fsp3) is 0.167. The highest BCUT2D eigenvalue weighted by atomic mass is 35.5. The van der Waals surface area contributed by atoms with Crippen molar-refractivity contribution in [1.29, 1.82) is 0 Å². The van der Waals surface area contributed by atoms with E-state index in [1.165, 1.54) is 10.9 Å². The van der Waals surface area contributed by atoms with Gasteiger partial charge in [-0.15, -0.1) is 5.10 Å². The van der Waals surface area contributed by atoms with Gasteiger partial charge in [0.25, 0.3) is 0 Å². The molecule has 2 N–H and O–H groups in total. The van der Waals surface area contributed by atoms with E-state index in [-0.39, 0.29) is 24.6 Å². The highest BCUT2D eigenvalue weighted by Crippen LogP contribution is 2.15. The molecule has 0 saturated heterocycles. The molecular weight excluding hydrogens is 284 g/mol. The molecule has 2 rings (SSSR count). The Morgan fingerprint density at radius 1 is 1.40 bits per heavy atom. The van der Waals surface area contributed by atoms with Crippen molar-refractivity contribution in [3.63, 3.8) is 0 Å². The lowest BCUT2D eigenvalue weighted by atomic mass is 10.3. The smallest absolute Gasteiger partial charge is 0.358 e. The maximum absolute atomic E-state index is 11.7. The van der Waals surface area contributed by atoms with Gasteiger partial charge >= 0.3 is 5.97 Å². The number of aromatic carboxylic acids is 1. The molecule has 0 radical (unpaired) electrons. The van der Waals surface area contributed by atoms with Crippen molar-refractivity contribution in [3.8, 4) is 0 Å². The fourth-order valence-corrected chi connectivity index (χ4v) is 1.70. The maximum Gasteiger partial charge on any atom is 0.358 e. The monoisotopic (exact) mass is 294 g/mol. The van der Waals surface area contributed by atoms with Crippen molar-refractivity contribution in [1.82, 2.24) is 15.0 Å². The summed E-state index contributed by atoms with van der Waals surface area (Å²) in [6.45, 7) is 0.243. The number of carbonyl (C=O) groups is 2. The van der Waals surface area contributed by atoms with Crippen LogP contribution in [0.3, 0.4) is 0 Å². The Morgan fingerprint density at radius 3 is 2.85 bits per heavy atom. The normalized spacial score (nSPS) is 10.2. The third kappa shape index (κ3) is 3.79. The van der Waals surface area contributed by atoms with E-state index < -0.39 is 5.97 Å². The molecule has 8 heteroatoms. The lowest BCUT2D eigenvalue weighted by Crippen LogP contribution is -2.14. The third-order valence-corrected chi connectivity index (χ3v) is 2.67. The highest BCUT2D eigenvalue weighted by molar-refractivity contribution is 6.30. The molecule has 0 atom stereocenters. The van der Waals surface area contributed by atoms with E-state index in [0.29, 0.717) is 10.7 Å². The second-order valence-corrected chi connectivity index (χ2v) is 4.42. The first-order valence-electron chi connectivity index (χ1n) is 5.73. The summed E-state index contributed by atoms with van der Waals surface area (Å²) in [6, 6.07) is 6.80. The zero-order valence-electron chi connectivity index (χ0n) is 10.3. The first-order valence-corrected chi connectivity index (χ1v) is 6.11. The first-order chi connectivity index (χ1) is 9.54. The molecule has 1 aromatic carbocycles. The van der Waals surface area contributed by atoms with Crippen molar-refractivity contribution in [2.45, 2.75) is 13.0 Å². The number of carboxylic acid groups (broad SMARTS) is 1. The summed E-state index contributed by atoms with van der Waals surface area (Å²) in [5.74, 6) is -1.38. The number of nitrogens with one attached hydrogen (secondary N) is 1. The van der Waals surface area contributed by atoms with Crippen LogP contribution in [0.1, 0.15) is 16.9 Å². The summed E-state index contributed by atoms with van der Waals surface area (Å²) in [6.07, 6.45) is 1.42. The van der Waals surface area contributed by atoms with Crippen LogP contribution in [-0.4, -0.2) is 32.0 Å². The molecule has 1 aromatic heterocycles. The lowest BCUT2D eigenvalue weighted by Gasteiger charge is -2.05. The summed E-state index contributed by atoms with van der Waals surface area (Å²) in [7, 11) is 0. The second-order valence-electron chi connectivity index (χ2n) is 3.98. The quantitative estimate of drug-likeness (QED) is 0.874. The highest BCUT2D eigenvalue weighted by Gasteiger charge is 2.09. The molecule has 0 aliphatic rings. The van der Waals surface area contributed by atoms with Crippen LogP contribution in [-0.2, 0) is 11.3 Å². The van der Waals surface area contributed by atoms with Crippen LogP contribution < -0.4 is 5.32 Å². The van der Waals surface area contributed by atoms with Crippen molar-refractivity contribution < 1.29 is 14.7 Å². The minimum Gasteiger partial charge on any atom is -0.476 e. The van der Waals surface area contributed by atoms with Crippen molar-refractivity contribution in [2.24, 2.45) is 0 Å². The Labute approximate surface area is 119 Å². The van der Waals surface area contributed by atoms with Gasteiger partial charge < -0.3 is 10.4 Å². The number of amides is 1. The van der Waals surface area contributed by atoms with Crippen LogP contribution in [0.15, 0.2) is 30.5 Å². The van der Waals surface area contributed by atoms with Gasteiger partial charge in [-0.1, -0.05) is 22.9 Å².